The maximum atomic E-state index is 12.4. The molecule has 0 spiro atoms. The van der Waals surface area contributed by atoms with Gasteiger partial charge in [-0.1, -0.05) is 4.98 Å². The van der Waals surface area contributed by atoms with E-state index in [-0.39, 0.29) is 0 Å². The van der Waals surface area contributed by atoms with Gasteiger partial charge in [-0.2, -0.15) is 4.57 Å². The van der Waals surface area contributed by atoms with Crippen LogP contribution in [-0.4, -0.2) is 49.7 Å². The highest BCUT2D eigenvalue weighted by atomic mass is 19.1. The average molecular weight is 247 g/mol. The van der Waals surface area contributed by atoms with Gasteiger partial charge >= 0.3 is 5.95 Å². The van der Waals surface area contributed by atoms with Crippen molar-refractivity contribution in [3.63, 3.8) is 0 Å². The number of rotatable bonds is 3. The fraction of sp³-hybridized carbons (Fsp3) is 0.625. The van der Waals surface area contributed by atoms with E-state index in [1.54, 1.807) is 0 Å². The predicted molar refractivity (Wildman–Crippen MR) is 50.8 cm³/mol. The molecule has 2 rings (SSSR count). The molecule has 0 unspecified atom stereocenters. The molecule has 0 aromatic carbocycles. The van der Waals surface area contributed by atoms with Crippen LogP contribution in [0.1, 0.15) is 6.23 Å². The summed E-state index contributed by atoms with van der Waals surface area (Å²) < 4.78 is 18.4. The first kappa shape index (κ1) is 11.9. The highest BCUT2D eigenvalue weighted by Crippen LogP contribution is 2.31. The van der Waals surface area contributed by atoms with Gasteiger partial charge in [-0.3, -0.25) is 0 Å². The normalized spacial score (nSPS) is 32.9. The molecular weight excluding hydrogens is 237 g/mol. The Balaban J connectivity index is 2.29. The maximum Gasteiger partial charge on any atom is 0.436 e. The van der Waals surface area contributed by atoms with Crippen LogP contribution in [0.2, 0.25) is 0 Å². The van der Waals surface area contributed by atoms with Crippen molar-refractivity contribution in [2.24, 2.45) is 0 Å². The van der Waals surface area contributed by atoms with Crippen LogP contribution in [0, 0.1) is 10.1 Å². The molecule has 1 aliphatic rings. The fourth-order valence-electron chi connectivity index (χ4n) is 1.73. The predicted octanol–water partition coefficient (Wildman–Crippen LogP) is -0.620. The van der Waals surface area contributed by atoms with Gasteiger partial charge in [0, 0.05) is 0 Å². The third-order valence-corrected chi connectivity index (χ3v) is 2.57. The molecule has 4 atom stereocenters. The summed E-state index contributed by atoms with van der Waals surface area (Å²) in [6.07, 6.45) is -2.90. The third-order valence-electron chi connectivity index (χ3n) is 2.57. The molecule has 0 aliphatic carbocycles. The summed E-state index contributed by atoms with van der Waals surface area (Å²) in [7, 11) is 0. The summed E-state index contributed by atoms with van der Waals surface area (Å²) >= 11 is 0. The highest BCUT2D eigenvalue weighted by Gasteiger charge is 2.46. The van der Waals surface area contributed by atoms with E-state index in [1.807, 2.05) is 0 Å². The molecule has 1 aliphatic heterocycles. The van der Waals surface area contributed by atoms with E-state index >= 15 is 0 Å². The minimum Gasteiger partial charge on any atom is -0.390 e. The van der Waals surface area contributed by atoms with Gasteiger partial charge in [-0.25, -0.2) is 4.39 Å². The number of hydrogen-bond acceptors (Lipinski definition) is 6. The number of nitro groups is 1. The number of imidazole rings is 1. The second kappa shape index (κ2) is 4.35. The van der Waals surface area contributed by atoms with Crippen molar-refractivity contribution in [2.45, 2.75) is 24.5 Å². The van der Waals surface area contributed by atoms with Crippen molar-refractivity contribution in [3.8, 4) is 0 Å². The summed E-state index contributed by atoms with van der Waals surface area (Å²) in [5.41, 5.74) is 0. The van der Waals surface area contributed by atoms with E-state index < -0.39 is 42.1 Å². The van der Waals surface area contributed by atoms with Gasteiger partial charge in [-0.15, -0.1) is 0 Å². The van der Waals surface area contributed by atoms with Crippen LogP contribution < -0.4 is 0 Å². The minimum atomic E-state index is -1.44. The van der Waals surface area contributed by atoms with Crippen LogP contribution in [0.4, 0.5) is 10.3 Å². The van der Waals surface area contributed by atoms with E-state index in [9.17, 15) is 24.7 Å². The zero-order chi connectivity index (χ0) is 12.6. The first-order valence-corrected chi connectivity index (χ1v) is 4.81. The molecule has 0 bridgehead atoms. The number of ether oxygens (including phenoxy) is 1. The van der Waals surface area contributed by atoms with Crippen LogP contribution >= 0.6 is 0 Å². The van der Waals surface area contributed by atoms with Crippen LogP contribution in [0.15, 0.2) is 12.4 Å². The zero-order valence-electron chi connectivity index (χ0n) is 8.51. The molecule has 0 radical (unpaired) electrons. The van der Waals surface area contributed by atoms with Crippen molar-refractivity contribution in [2.75, 3.05) is 6.67 Å². The summed E-state index contributed by atoms with van der Waals surface area (Å²) in [5, 5.41) is 29.7. The Kier molecular flexibility index (Phi) is 3.05. The van der Waals surface area contributed by atoms with Gasteiger partial charge < -0.3 is 25.1 Å². The Morgan fingerprint density at radius 3 is 2.82 bits per heavy atom. The third kappa shape index (κ3) is 1.88. The molecule has 94 valence electrons. The Labute approximate surface area is 94.4 Å². The largest absolute Gasteiger partial charge is 0.436 e. The average Bonchev–Trinajstić information content (AvgIpc) is 2.86. The molecular formula is C8H10FN3O5. The van der Waals surface area contributed by atoms with Gasteiger partial charge in [0.15, 0.2) is 0 Å². The Bertz CT molecular complexity index is 425. The molecule has 1 fully saturated rings. The Hall–Kier alpha value is -1.58. The first-order chi connectivity index (χ1) is 8.06. The lowest BCUT2D eigenvalue weighted by Crippen LogP contribution is -2.32. The minimum absolute atomic E-state index is 0.541. The van der Waals surface area contributed by atoms with Crippen LogP contribution in [0.25, 0.3) is 0 Å². The summed E-state index contributed by atoms with van der Waals surface area (Å²) in [6, 6.07) is 0. The molecule has 0 amide bonds. The topological polar surface area (TPSA) is 111 Å². The van der Waals surface area contributed by atoms with Crippen molar-refractivity contribution in [1.82, 2.24) is 9.55 Å². The summed E-state index contributed by atoms with van der Waals surface area (Å²) in [5.74, 6) is -0.541. The van der Waals surface area contributed by atoms with E-state index in [0.29, 0.717) is 0 Å². The smallest absolute Gasteiger partial charge is 0.390 e. The monoisotopic (exact) mass is 247 g/mol. The van der Waals surface area contributed by atoms with Gasteiger partial charge in [0.1, 0.15) is 37.4 Å². The molecule has 0 saturated carbocycles. The molecule has 1 aromatic rings. The van der Waals surface area contributed by atoms with Crippen molar-refractivity contribution >= 4 is 5.95 Å². The lowest BCUT2D eigenvalue weighted by molar-refractivity contribution is -0.398. The second-order valence-corrected chi connectivity index (χ2v) is 3.59. The molecule has 17 heavy (non-hydrogen) atoms. The van der Waals surface area contributed by atoms with E-state index in [2.05, 4.69) is 4.98 Å². The number of hydrogen-bond donors (Lipinski definition) is 2. The fourth-order valence-corrected chi connectivity index (χ4v) is 1.73. The van der Waals surface area contributed by atoms with Gasteiger partial charge in [0.25, 0.3) is 0 Å². The number of aliphatic hydroxyl groups excluding tert-OH is 2. The second-order valence-electron chi connectivity index (χ2n) is 3.59. The SMILES string of the molecule is O=[N+]([O-])c1nccn1[C@@H]1O[C@@H](CF)[C@H](O)[C@H]1O. The van der Waals surface area contributed by atoms with Gasteiger partial charge in [0.2, 0.25) is 6.23 Å². The number of aromatic nitrogens is 2. The van der Waals surface area contributed by atoms with Gasteiger partial charge in [0.05, 0.1) is 0 Å². The lowest BCUT2D eigenvalue weighted by Gasteiger charge is -2.13. The Morgan fingerprint density at radius 2 is 2.29 bits per heavy atom. The van der Waals surface area contributed by atoms with Crippen molar-refractivity contribution in [3.05, 3.63) is 22.5 Å². The lowest BCUT2D eigenvalue weighted by atomic mass is 10.1. The molecule has 8 nitrogen and oxygen atoms in total. The first-order valence-electron chi connectivity index (χ1n) is 4.81. The summed E-state index contributed by atoms with van der Waals surface area (Å²) in [4.78, 5) is 13.3. The number of halogens is 1. The standard InChI is InChI=1S/C8H10FN3O5/c9-3-4-5(13)6(14)7(17-4)11-2-1-10-8(11)12(15)16/h1-2,4-7,13-14H,3H2/t4-,5-,6+,7+/m0/s1. The van der Waals surface area contributed by atoms with Crippen LogP contribution in [0.5, 0.6) is 0 Å². The number of alkyl halides is 1. The van der Waals surface area contributed by atoms with Crippen LogP contribution in [0.3, 0.4) is 0 Å². The summed E-state index contributed by atoms with van der Waals surface area (Å²) in [6.45, 7) is -0.989. The number of aliphatic hydroxyl groups is 2. The van der Waals surface area contributed by atoms with E-state index in [0.717, 1.165) is 10.8 Å². The quantitative estimate of drug-likeness (QED) is 0.544. The number of nitrogens with zero attached hydrogens (tertiary/aromatic N) is 3. The molecule has 2 heterocycles. The zero-order valence-corrected chi connectivity index (χ0v) is 8.51. The maximum absolute atomic E-state index is 12.4. The van der Waals surface area contributed by atoms with Crippen molar-refractivity contribution in [1.29, 1.82) is 0 Å². The molecule has 9 heteroatoms. The molecule has 1 aromatic heterocycles. The Morgan fingerprint density at radius 1 is 1.59 bits per heavy atom. The van der Waals surface area contributed by atoms with E-state index in [1.165, 1.54) is 6.20 Å². The van der Waals surface area contributed by atoms with Crippen LogP contribution in [-0.2, 0) is 4.74 Å². The van der Waals surface area contributed by atoms with Crippen molar-refractivity contribution < 1.29 is 24.3 Å². The molecule has 1 saturated heterocycles. The molecule has 2 N–H and O–H groups in total. The highest BCUT2D eigenvalue weighted by molar-refractivity contribution is 5.09. The van der Waals surface area contributed by atoms with Gasteiger partial charge in [-0.05, 0) is 4.92 Å². The van der Waals surface area contributed by atoms with E-state index in [4.69, 9.17) is 4.74 Å².